The molecule has 0 aliphatic carbocycles. The molecule has 0 radical (unpaired) electrons. The highest BCUT2D eigenvalue weighted by atomic mass is 79.9. The van der Waals surface area contributed by atoms with E-state index >= 15 is 0 Å². The Bertz CT molecular complexity index is 1640. The largest absolute Gasteiger partial charge is 0.488 e. The van der Waals surface area contributed by atoms with Crippen molar-refractivity contribution in [1.82, 2.24) is 4.90 Å². The first-order chi connectivity index (χ1) is 19.0. The molecule has 4 aromatic rings. The van der Waals surface area contributed by atoms with Crippen LogP contribution in [0.25, 0.3) is 10.8 Å². The first-order valence-electron chi connectivity index (χ1n) is 13.2. The Hall–Kier alpha value is -3.75. The summed E-state index contributed by atoms with van der Waals surface area (Å²) < 4.78 is 6.95. The molecule has 3 heterocycles. The van der Waals surface area contributed by atoms with Crippen LogP contribution < -0.4 is 10.1 Å². The van der Waals surface area contributed by atoms with Gasteiger partial charge in [0, 0.05) is 28.8 Å². The molecule has 3 aliphatic rings. The maximum atomic E-state index is 13.6. The van der Waals surface area contributed by atoms with Gasteiger partial charge in [0.1, 0.15) is 12.4 Å². The lowest BCUT2D eigenvalue weighted by Gasteiger charge is -2.32. The number of fused-ring (bicyclic) bond motifs is 5. The number of hydrogen-bond acceptors (Lipinski definition) is 5. The zero-order valence-corrected chi connectivity index (χ0v) is 22.6. The molecule has 8 heteroatoms. The fraction of sp³-hybridized carbons (Fsp3) is 0.258. The molecule has 2 saturated heterocycles. The molecule has 0 saturated carbocycles. The van der Waals surface area contributed by atoms with E-state index in [1.165, 1.54) is 0 Å². The van der Waals surface area contributed by atoms with Gasteiger partial charge in [-0.2, -0.15) is 0 Å². The topological polar surface area (TPSA) is 84.7 Å². The zero-order valence-electron chi connectivity index (χ0n) is 21.0. The number of carbonyl (C=O) groups excluding carboxylic acids is 1. The third-order valence-electron chi connectivity index (χ3n) is 8.70. The minimum Gasteiger partial charge on any atom is -0.488 e. The predicted molar refractivity (Wildman–Crippen MR) is 152 cm³/mol. The van der Waals surface area contributed by atoms with Crippen LogP contribution in [0.1, 0.15) is 35.4 Å². The molecule has 4 atom stereocenters. The number of hydrogen-bond donors (Lipinski definition) is 1. The second-order valence-corrected chi connectivity index (χ2v) is 11.4. The predicted octanol–water partition coefficient (Wildman–Crippen LogP) is 6.24. The number of nitrogens with zero attached hydrogens (tertiary/aromatic N) is 2. The summed E-state index contributed by atoms with van der Waals surface area (Å²) >= 11 is 3.67. The van der Waals surface area contributed by atoms with Crippen LogP contribution in [-0.2, 0) is 16.9 Å². The first kappa shape index (κ1) is 24.3. The summed E-state index contributed by atoms with van der Waals surface area (Å²) in [7, 11) is 0. The minimum absolute atomic E-state index is 0.105. The summed E-state index contributed by atoms with van der Waals surface area (Å²) in [6.07, 6.45) is 1.71. The molecule has 39 heavy (non-hydrogen) atoms. The van der Waals surface area contributed by atoms with Crippen molar-refractivity contribution >= 4 is 38.3 Å². The van der Waals surface area contributed by atoms with E-state index in [0.717, 1.165) is 39.2 Å². The van der Waals surface area contributed by atoms with E-state index in [9.17, 15) is 14.9 Å². The van der Waals surface area contributed by atoms with Gasteiger partial charge in [0.15, 0.2) is 5.54 Å². The summed E-state index contributed by atoms with van der Waals surface area (Å²) in [5.41, 5.74) is 1.98. The molecular formula is C31H26BrN3O4. The Labute approximate surface area is 234 Å². The molecule has 196 valence electrons. The van der Waals surface area contributed by atoms with Crippen LogP contribution in [0.5, 0.6) is 5.75 Å². The molecule has 0 unspecified atom stereocenters. The molecule has 2 fully saturated rings. The molecule has 0 aromatic heterocycles. The zero-order chi connectivity index (χ0) is 26.7. The Morgan fingerprint density at radius 1 is 1.05 bits per heavy atom. The smallest absolute Gasteiger partial charge is 0.256 e. The lowest BCUT2D eigenvalue weighted by molar-refractivity contribution is -0.534. The van der Waals surface area contributed by atoms with Gasteiger partial charge >= 0.3 is 0 Å². The monoisotopic (exact) mass is 583 g/mol. The summed E-state index contributed by atoms with van der Waals surface area (Å²) in [6.45, 7) is 1.05. The number of rotatable bonds is 5. The van der Waals surface area contributed by atoms with Crippen LogP contribution in [0.2, 0.25) is 0 Å². The summed E-state index contributed by atoms with van der Waals surface area (Å²) in [5, 5.41) is 18.1. The fourth-order valence-corrected chi connectivity index (χ4v) is 7.70. The van der Waals surface area contributed by atoms with Gasteiger partial charge in [0.2, 0.25) is 0 Å². The van der Waals surface area contributed by atoms with E-state index in [1.54, 1.807) is 0 Å². The van der Waals surface area contributed by atoms with Gasteiger partial charge in [0.25, 0.3) is 11.9 Å². The second-order valence-electron chi connectivity index (χ2n) is 10.5. The number of anilines is 1. The summed E-state index contributed by atoms with van der Waals surface area (Å²) in [4.78, 5) is 28.3. The van der Waals surface area contributed by atoms with Crippen molar-refractivity contribution in [3.05, 3.63) is 116 Å². The van der Waals surface area contributed by atoms with Crippen LogP contribution in [0, 0.1) is 10.1 Å². The van der Waals surface area contributed by atoms with Crippen LogP contribution >= 0.6 is 15.9 Å². The van der Waals surface area contributed by atoms with Gasteiger partial charge in [-0.1, -0.05) is 66.7 Å². The third kappa shape index (κ3) is 3.54. The molecule has 1 amide bonds. The number of nitrogens with one attached hydrogen (secondary N) is 1. The highest BCUT2D eigenvalue weighted by Gasteiger charge is 2.73. The SMILES string of the molecule is O=C1Nc2ccccc2[C@]12[C@H]([N+](=O)[O-])[C@H](c1ccc(OCc3cccc4ccccc34)c(Br)c1)[C@H]1CCCN12. The Balaban J connectivity index is 1.24. The van der Waals surface area contributed by atoms with Crippen LogP contribution in [-0.4, -0.2) is 34.4 Å². The van der Waals surface area contributed by atoms with Gasteiger partial charge < -0.3 is 10.1 Å². The fourth-order valence-electron chi connectivity index (χ4n) is 7.19. The maximum absolute atomic E-state index is 13.6. The van der Waals surface area contributed by atoms with E-state index in [2.05, 4.69) is 50.4 Å². The molecule has 4 aromatic carbocycles. The average molecular weight is 584 g/mol. The Kier molecular flexibility index (Phi) is 5.72. The highest BCUT2D eigenvalue weighted by Crippen LogP contribution is 2.58. The first-order valence-corrected chi connectivity index (χ1v) is 14.0. The normalized spacial score (nSPS) is 25.6. The quantitative estimate of drug-likeness (QED) is 0.222. The average Bonchev–Trinajstić information content (AvgIpc) is 3.61. The van der Waals surface area contributed by atoms with Crippen molar-refractivity contribution in [1.29, 1.82) is 0 Å². The van der Waals surface area contributed by atoms with Crippen molar-refractivity contribution in [3.8, 4) is 5.75 Å². The highest BCUT2D eigenvalue weighted by molar-refractivity contribution is 9.10. The molecule has 1 spiro atoms. The van der Waals surface area contributed by atoms with Gasteiger partial charge in [-0.15, -0.1) is 0 Å². The van der Waals surface area contributed by atoms with Crippen molar-refractivity contribution in [2.45, 2.75) is 43.0 Å². The maximum Gasteiger partial charge on any atom is 0.256 e. The van der Waals surface area contributed by atoms with E-state index < -0.39 is 17.5 Å². The minimum atomic E-state index is -1.32. The molecule has 3 aliphatic heterocycles. The Morgan fingerprint density at radius 2 is 1.85 bits per heavy atom. The van der Waals surface area contributed by atoms with Gasteiger partial charge in [0.05, 0.1) is 10.4 Å². The lowest BCUT2D eigenvalue weighted by Crippen LogP contribution is -2.55. The van der Waals surface area contributed by atoms with E-state index in [0.29, 0.717) is 30.2 Å². The van der Waals surface area contributed by atoms with Crippen LogP contribution in [0.4, 0.5) is 5.69 Å². The summed E-state index contributed by atoms with van der Waals surface area (Å²) in [6, 6.07) is 26.3. The van der Waals surface area contributed by atoms with E-state index in [-0.39, 0.29) is 16.9 Å². The van der Waals surface area contributed by atoms with E-state index in [1.807, 2.05) is 60.7 Å². The standard InChI is InChI=1S/C31H26BrN3O4/c32-24-17-20(14-15-27(24)39-18-21-9-5-8-19-7-1-2-10-22(19)21)28-26-13-6-16-34(26)31(29(28)35(37)38)23-11-3-4-12-25(23)33-30(31)36/h1-5,7-12,14-15,17,26,28-29H,6,13,16,18H2,(H,33,36)/t26-,28-,29-,31+/m1/s1. The number of benzene rings is 4. The number of nitro groups is 1. The molecular weight excluding hydrogens is 558 g/mol. The number of amides is 1. The molecule has 1 N–H and O–H groups in total. The van der Waals surface area contributed by atoms with Gasteiger partial charge in [-0.3, -0.25) is 19.8 Å². The van der Waals surface area contributed by atoms with Crippen molar-refractivity contribution in [2.75, 3.05) is 11.9 Å². The number of ether oxygens (including phenoxy) is 1. The molecule has 7 rings (SSSR count). The third-order valence-corrected chi connectivity index (χ3v) is 9.32. The van der Waals surface area contributed by atoms with Crippen molar-refractivity contribution in [3.63, 3.8) is 0 Å². The second kappa shape index (κ2) is 9.17. The van der Waals surface area contributed by atoms with Gasteiger partial charge in [-0.05, 0) is 68.9 Å². The lowest BCUT2D eigenvalue weighted by atomic mass is 9.77. The van der Waals surface area contributed by atoms with Crippen LogP contribution in [0.15, 0.2) is 89.4 Å². The summed E-state index contributed by atoms with van der Waals surface area (Å²) in [5.74, 6) is -0.0685. The number of halogens is 1. The molecule has 7 nitrogen and oxygen atoms in total. The molecule has 0 bridgehead atoms. The number of carbonyl (C=O) groups is 1. The Morgan fingerprint density at radius 3 is 2.69 bits per heavy atom. The van der Waals surface area contributed by atoms with Crippen LogP contribution in [0.3, 0.4) is 0 Å². The van der Waals surface area contributed by atoms with Crippen molar-refractivity contribution in [2.24, 2.45) is 0 Å². The van der Waals surface area contributed by atoms with Crippen molar-refractivity contribution < 1.29 is 14.5 Å². The number of para-hydroxylation sites is 1. The van der Waals surface area contributed by atoms with E-state index in [4.69, 9.17) is 4.74 Å². The van der Waals surface area contributed by atoms with Gasteiger partial charge in [-0.25, -0.2) is 0 Å².